The van der Waals surface area contributed by atoms with E-state index in [1.54, 1.807) is 67.5 Å². The lowest BCUT2D eigenvalue weighted by molar-refractivity contribution is 0.0784. The van der Waals surface area contributed by atoms with Crippen molar-refractivity contribution in [2.45, 2.75) is 12.3 Å². The van der Waals surface area contributed by atoms with Gasteiger partial charge in [0, 0.05) is 38.0 Å². The van der Waals surface area contributed by atoms with E-state index in [2.05, 4.69) is 5.32 Å². The van der Waals surface area contributed by atoms with Gasteiger partial charge in [-0.2, -0.15) is 0 Å². The van der Waals surface area contributed by atoms with Crippen molar-refractivity contribution in [3.8, 4) is 0 Å². The summed E-state index contributed by atoms with van der Waals surface area (Å²) in [5, 5.41) is 2.56. The summed E-state index contributed by atoms with van der Waals surface area (Å²) in [6.45, 7) is 0.378. The Morgan fingerprint density at radius 1 is 1.00 bits per heavy atom. The van der Waals surface area contributed by atoms with Crippen molar-refractivity contribution < 1.29 is 18.0 Å². The van der Waals surface area contributed by atoms with Gasteiger partial charge in [-0.25, -0.2) is 8.42 Å². The fourth-order valence-electron chi connectivity index (χ4n) is 2.57. The highest BCUT2D eigenvalue weighted by Gasteiger charge is 2.14. The number of sulfone groups is 1. The Morgan fingerprint density at radius 2 is 1.65 bits per heavy atom. The normalized spacial score (nSPS) is 11.0. The number of hydrogen-bond acceptors (Lipinski definition) is 4. The van der Waals surface area contributed by atoms with E-state index in [4.69, 9.17) is 0 Å². The molecule has 0 radical (unpaired) electrons. The molecule has 0 heterocycles. The molecule has 0 spiro atoms. The standard InChI is InChI=1S/C19H22N2O4S/c1-20-18(22)16-9-7-14(8-10-16)12-21(2)19(23)17-6-4-5-15(11-17)13-26(3,24)25/h4-11H,12-13H2,1-3H3,(H,20,22). The van der Waals surface area contributed by atoms with Crippen molar-refractivity contribution >= 4 is 21.7 Å². The largest absolute Gasteiger partial charge is 0.355 e. The van der Waals surface area contributed by atoms with Gasteiger partial charge >= 0.3 is 0 Å². The van der Waals surface area contributed by atoms with E-state index in [-0.39, 0.29) is 17.6 Å². The van der Waals surface area contributed by atoms with Crippen LogP contribution in [0, 0.1) is 0 Å². The van der Waals surface area contributed by atoms with Gasteiger partial charge in [0.25, 0.3) is 11.8 Å². The van der Waals surface area contributed by atoms with Crippen molar-refractivity contribution in [3.05, 3.63) is 70.8 Å². The van der Waals surface area contributed by atoms with Crippen LogP contribution in [0.15, 0.2) is 48.5 Å². The Balaban J connectivity index is 2.10. The molecule has 7 heteroatoms. The highest BCUT2D eigenvalue weighted by atomic mass is 32.2. The third kappa shape index (κ3) is 5.42. The molecular weight excluding hydrogens is 352 g/mol. The smallest absolute Gasteiger partial charge is 0.253 e. The molecule has 0 aliphatic rings. The Kier molecular flexibility index (Phi) is 6.15. The molecule has 0 aliphatic carbocycles. The number of nitrogens with one attached hydrogen (secondary N) is 1. The van der Waals surface area contributed by atoms with Crippen molar-refractivity contribution in [2.24, 2.45) is 0 Å². The molecule has 0 unspecified atom stereocenters. The first-order valence-corrected chi connectivity index (χ1v) is 10.1. The number of benzene rings is 2. The first-order chi connectivity index (χ1) is 12.2. The molecule has 2 amide bonds. The molecule has 6 nitrogen and oxygen atoms in total. The van der Waals surface area contributed by atoms with Crippen molar-refractivity contribution in [2.75, 3.05) is 20.4 Å². The van der Waals surface area contributed by atoms with Gasteiger partial charge in [-0.15, -0.1) is 0 Å². The molecule has 2 rings (SSSR count). The summed E-state index contributed by atoms with van der Waals surface area (Å²) in [7, 11) is 0.0894. The van der Waals surface area contributed by atoms with Crippen LogP contribution in [0.2, 0.25) is 0 Å². The quantitative estimate of drug-likeness (QED) is 0.837. The van der Waals surface area contributed by atoms with E-state index in [0.717, 1.165) is 11.8 Å². The van der Waals surface area contributed by atoms with E-state index in [0.29, 0.717) is 23.2 Å². The van der Waals surface area contributed by atoms with Gasteiger partial charge in [0.2, 0.25) is 0 Å². The number of rotatable bonds is 6. The van der Waals surface area contributed by atoms with Crippen LogP contribution in [0.25, 0.3) is 0 Å². The first-order valence-electron chi connectivity index (χ1n) is 8.03. The summed E-state index contributed by atoms with van der Waals surface area (Å²) in [5.41, 5.74) is 2.47. The minimum absolute atomic E-state index is 0.0984. The Labute approximate surface area is 153 Å². The number of carbonyl (C=O) groups is 2. The molecule has 2 aromatic carbocycles. The Morgan fingerprint density at radius 3 is 2.23 bits per heavy atom. The monoisotopic (exact) mass is 374 g/mol. The van der Waals surface area contributed by atoms with Crippen LogP contribution in [0.1, 0.15) is 31.8 Å². The number of amides is 2. The molecule has 0 saturated heterocycles. The summed E-state index contributed by atoms with van der Waals surface area (Å²) < 4.78 is 22.9. The highest BCUT2D eigenvalue weighted by molar-refractivity contribution is 7.89. The fourth-order valence-corrected chi connectivity index (χ4v) is 3.35. The van der Waals surface area contributed by atoms with Gasteiger partial charge in [0.1, 0.15) is 0 Å². The van der Waals surface area contributed by atoms with Gasteiger partial charge in [-0.05, 0) is 35.4 Å². The molecule has 26 heavy (non-hydrogen) atoms. The summed E-state index contributed by atoms with van der Waals surface area (Å²) in [5.74, 6) is -0.460. The number of nitrogens with zero attached hydrogens (tertiary/aromatic N) is 1. The SMILES string of the molecule is CNC(=O)c1ccc(CN(C)C(=O)c2cccc(CS(C)(=O)=O)c2)cc1. The molecule has 0 bridgehead atoms. The van der Waals surface area contributed by atoms with Crippen LogP contribution < -0.4 is 5.32 Å². The topological polar surface area (TPSA) is 83.6 Å². The molecule has 0 aliphatic heterocycles. The highest BCUT2D eigenvalue weighted by Crippen LogP contribution is 2.13. The zero-order valence-electron chi connectivity index (χ0n) is 15.0. The Hall–Kier alpha value is -2.67. The lowest BCUT2D eigenvalue weighted by Crippen LogP contribution is -2.26. The van der Waals surface area contributed by atoms with E-state index < -0.39 is 9.84 Å². The van der Waals surface area contributed by atoms with Crippen LogP contribution in [0.5, 0.6) is 0 Å². The van der Waals surface area contributed by atoms with Gasteiger partial charge in [-0.1, -0.05) is 24.3 Å². The maximum absolute atomic E-state index is 12.6. The van der Waals surface area contributed by atoms with Gasteiger partial charge in [0.05, 0.1) is 5.75 Å². The number of carbonyl (C=O) groups excluding carboxylic acids is 2. The fraction of sp³-hybridized carbons (Fsp3) is 0.263. The zero-order valence-corrected chi connectivity index (χ0v) is 15.8. The summed E-state index contributed by atoms with van der Waals surface area (Å²) in [6.07, 6.45) is 1.16. The van der Waals surface area contributed by atoms with Crippen molar-refractivity contribution in [1.82, 2.24) is 10.2 Å². The Bertz CT molecular complexity index is 905. The predicted octanol–water partition coefficient (Wildman–Crippen LogP) is 1.86. The summed E-state index contributed by atoms with van der Waals surface area (Å²) >= 11 is 0. The molecule has 1 N–H and O–H groups in total. The maximum atomic E-state index is 12.6. The summed E-state index contributed by atoms with van der Waals surface area (Å²) in [6, 6.07) is 13.7. The van der Waals surface area contributed by atoms with Crippen LogP contribution in [-0.2, 0) is 22.1 Å². The first kappa shape index (κ1) is 19.7. The second-order valence-electron chi connectivity index (χ2n) is 6.21. The van der Waals surface area contributed by atoms with Crippen LogP contribution >= 0.6 is 0 Å². The van der Waals surface area contributed by atoms with Gasteiger partial charge < -0.3 is 10.2 Å². The average Bonchev–Trinajstić information content (AvgIpc) is 2.59. The third-order valence-electron chi connectivity index (χ3n) is 3.81. The van der Waals surface area contributed by atoms with Gasteiger partial charge in [0.15, 0.2) is 9.84 Å². The molecule has 0 aromatic heterocycles. The maximum Gasteiger partial charge on any atom is 0.253 e. The predicted molar refractivity (Wildman–Crippen MR) is 101 cm³/mol. The minimum Gasteiger partial charge on any atom is -0.355 e. The number of hydrogen-bond donors (Lipinski definition) is 1. The van der Waals surface area contributed by atoms with Crippen molar-refractivity contribution in [1.29, 1.82) is 0 Å². The van der Waals surface area contributed by atoms with E-state index >= 15 is 0 Å². The molecule has 0 fully saturated rings. The minimum atomic E-state index is -3.16. The molecule has 138 valence electrons. The zero-order chi connectivity index (χ0) is 19.3. The lowest BCUT2D eigenvalue weighted by Gasteiger charge is -2.18. The molecule has 0 atom stereocenters. The molecule has 0 saturated carbocycles. The van der Waals surface area contributed by atoms with Crippen LogP contribution in [0.3, 0.4) is 0 Å². The van der Waals surface area contributed by atoms with E-state index in [9.17, 15) is 18.0 Å². The van der Waals surface area contributed by atoms with Crippen LogP contribution in [0.4, 0.5) is 0 Å². The average molecular weight is 374 g/mol. The molecular formula is C19H22N2O4S. The lowest BCUT2D eigenvalue weighted by atomic mass is 10.1. The second kappa shape index (κ2) is 8.14. The van der Waals surface area contributed by atoms with Crippen LogP contribution in [-0.4, -0.2) is 45.5 Å². The molecule has 2 aromatic rings. The van der Waals surface area contributed by atoms with Crippen molar-refractivity contribution in [3.63, 3.8) is 0 Å². The summed E-state index contributed by atoms with van der Waals surface area (Å²) in [4.78, 5) is 25.7. The van der Waals surface area contributed by atoms with E-state index in [1.807, 2.05) is 0 Å². The third-order valence-corrected chi connectivity index (χ3v) is 4.67. The second-order valence-corrected chi connectivity index (χ2v) is 8.35. The van der Waals surface area contributed by atoms with Gasteiger partial charge in [-0.3, -0.25) is 9.59 Å². The van der Waals surface area contributed by atoms with E-state index in [1.165, 1.54) is 0 Å².